The van der Waals surface area contributed by atoms with E-state index in [1.165, 1.54) is 10.9 Å². The lowest BCUT2D eigenvalue weighted by Crippen LogP contribution is -2.41. The van der Waals surface area contributed by atoms with E-state index < -0.39 is 6.10 Å². The number of aliphatic hydroxyl groups is 2. The van der Waals surface area contributed by atoms with Crippen molar-refractivity contribution in [3.8, 4) is 0 Å². The fraction of sp³-hybridized carbons (Fsp3) is 0.444. The number of nitrogens with two attached hydrogens (primary N) is 1. The van der Waals surface area contributed by atoms with Crippen LogP contribution >= 0.6 is 11.6 Å². The van der Waals surface area contributed by atoms with Crippen molar-refractivity contribution in [3.63, 3.8) is 0 Å². The Morgan fingerprint density at radius 1 is 1.38 bits per heavy atom. The van der Waals surface area contributed by atoms with Crippen LogP contribution in [0.4, 0.5) is 17.5 Å². The first kappa shape index (κ1) is 19.6. The summed E-state index contributed by atoms with van der Waals surface area (Å²) in [5.74, 6) is 0.436. The van der Waals surface area contributed by atoms with Crippen LogP contribution in [0.3, 0.4) is 0 Å². The van der Waals surface area contributed by atoms with Gasteiger partial charge in [-0.1, -0.05) is 23.8 Å². The molecule has 11 heteroatoms. The summed E-state index contributed by atoms with van der Waals surface area (Å²) >= 11 is 6.27. The van der Waals surface area contributed by atoms with Crippen LogP contribution in [-0.4, -0.2) is 54.6 Å². The highest BCUT2D eigenvalue weighted by molar-refractivity contribution is 6.32. The molecule has 1 fully saturated rings. The Kier molecular flexibility index (Phi) is 5.39. The number of carbonyl (C=O) groups excluding carboxylic acids is 1. The molecule has 2 aliphatic carbocycles. The monoisotopic (exact) mass is 419 g/mol. The second-order valence-corrected chi connectivity index (χ2v) is 7.76. The van der Waals surface area contributed by atoms with E-state index in [0.29, 0.717) is 22.5 Å². The number of halogens is 1. The van der Waals surface area contributed by atoms with E-state index in [4.69, 9.17) is 22.4 Å². The van der Waals surface area contributed by atoms with Crippen LogP contribution in [0.25, 0.3) is 0 Å². The third-order valence-electron chi connectivity index (χ3n) is 5.33. The second-order valence-electron chi connectivity index (χ2n) is 7.35. The number of fused-ring (bicyclic) bond motifs is 2. The van der Waals surface area contributed by atoms with Crippen LogP contribution < -0.4 is 16.4 Å². The number of amides is 1. The molecule has 2 heterocycles. The number of rotatable bonds is 8. The van der Waals surface area contributed by atoms with Gasteiger partial charge in [0.05, 0.1) is 43.3 Å². The molecule has 4 rings (SSSR count). The van der Waals surface area contributed by atoms with E-state index in [2.05, 4.69) is 37.9 Å². The molecule has 2 bridgehead atoms. The van der Waals surface area contributed by atoms with Crippen molar-refractivity contribution in [2.24, 2.45) is 23.5 Å². The van der Waals surface area contributed by atoms with Gasteiger partial charge in [0.25, 0.3) is 0 Å². The lowest BCUT2D eigenvalue weighted by molar-refractivity contribution is -0.122. The van der Waals surface area contributed by atoms with Crippen LogP contribution in [-0.2, 0) is 11.3 Å². The van der Waals surface area contributed by atoms with Crippen molar-refractivity contribution in [2.75, 3.05) is 17.2 Å². The summed E-state index contributed by atoms with van der Waals surface area (Å²) in [6.07, 6.45) is 8.84. The van der Waals surface area contributed by atoms with E-state index in [1.54, 1.807) is 12.4 Å². The maximum atomic E-state index is 11.9. The Balaban J connectivity index is 1.48. The fourth-order valence-corrected chi connectivity index (χ4v) is 4.17. The summed E-state index contributed by atoms with van der Waals surface area (Å²) in [5, 5.41) is 29.2. The fourth-order valence-electron chi connectivity index (χ4n) is 4.02. The molecule has 2 aliphatic rings. The summed E-state index contributed by atoms with van der Waals surface area (Å²) in [5.41, 5.74) is 6.22. The van der Waals surface area contributed by atoms with Gasteiger partial charge < -0.3 is 26.6 Å². The Morgan fingerprint density at radius 2 is 2.17 bits per heavy atom. The average Bonchev–Trinajstić information content (AvgIpc) is 3.41. The molecule has 2 aromatic rings. The predicted molar refractivity (Wildman–Crippen MR) is 106 cm³/mol. The Bertz CT molecular complexity index is 934. The topological polar surface area (TPSA) is 151 Å². The van der Waals surface area contributed by atoms with Crippen LogP contribution in [0.1, 0.15) is 6.42 Å². The summed E-state index contributed by atoms with van der Waals surface area (Å²) in [6.45, 7) is -0.179. The Hall–Kier alpha value is -2.69. The minimum absolute atomic E-state index is 0.147. The molecule has 1 amide bonds. The number of hydrogen-bond donors (Lipinski definition) is 5. The molecule has 10 nitrogen and oxygen atoms in total. The largest absolute Gasteiger partial charge is 0.394 e. The minimum atomic E-state index is -0.890. The number of aromatic nitrogens is 4. The van der Waals surface area contributed by atoms with Gasteiger partial charge in [0.2, 0.25) is 11.9 Å². The highest BCUT2D eigenvalue weighted by atomic mass is 35.5. The Morgan fingerprint density at radius 3 is 2.93 bits per heavy atom. The van der Waals surface area contributed by atoms with Gasteiger partial charge in [-0.15, -0.1) is 0 Å². The molecule has 2 aromatic heterocycles. The first-order chi connectivity index (χ1) is 13.9. The molecule has 154 valence electrons. The number of primary amides is 1. The number of aliphatic hydroxyl groups excluding tert-OH is 2. The van der Waals surface area contributed by atoms with Crippen molar-refractivity contribution in [2.45, 2.75) is 25.1 Å². The Labute approximate surface area is 171 Å². The summed E-state index contributed by atoms with van der Waals surface area (Å²) in [7, 11) is 0. The lowest BCUT2D eigenvalue weighted by atomic mass is 9.88. The molecule has 0 aromatic carbocycles. The van der Waals surface area contributed by atoms with E-state index >= 15 is 0 Å². The van der Waals surface area contributed by atoms with Crippen LogP contribution in [0.15, 0.2) is 30.7 Å². The molecule has 0 unspecified atom stereocenters. The maximum absolute atomic E-state index is 11.9. The first-order valence-electron chi connectivity index (χ1n) is 9.29. The quantitative estimate of drug-likeness (QED) is 0.388. The zero-order valence-corrected chi connectivity index (χ0v) is 16.2. The summed E-state index contributed by atoms with van der Waals surface area (Å²) in [6, 6.07) is -0.162. The molecular weight excluding hydrogens is 398 g/mol. The molecule has 29 heavy (non-hydrogen) atoms. The van der Waals surface area contributed by atoms with Crippen LogP contribution in [0.5, 0.6) is 0 Å². The number of allylic oxidation sites excluding steroid dienone is 1. The maximum Gasteiger partial charge on any atom is 0.229 e. The van der Waals surface area contributed by atoms with E-state index in [0.717, 1.165) is 6.42 Å². The van der Waals surface area contributed by atoms with E-state index in [1.807, 2.05) is 0 Å². The highest BCUT2D eigenvalue weighted by Gasteiger charge is 2.47. The molecule has 6 N–H and O–H groups in total. The molecule has 0 spiro atoms. The van der Waals surface area contributed by atoms with Crippen molar-refractivity contribution in [1.29, 1.82) is 0 Å². The minimum Gasteiger partial charge on any atom is -0.394 e. The van der Waals surface area contributed by atoms with Crippen LogP contribution in [0, 0.1) is 17.8 Å². The smallest absolute Gasteiger partial charge is 0.229 e. The van der Waals surface area contributed by atoms with Gasteiger partial charge in [-0.2, -0.15) is 10.1 Å². The number of nitrogens with zero attached hydrogens (tertiary/aromatic N) is 4. The molecule has 5 atom stereocenters. The predicted octanol–water partition coefficient (Wildman–Crippen LogP) is 0.511. The van der Waals surface area contributed by atoms with E-state index in [-0.39, 0.29) is 42.9 Å². The van der Waals surface area contributed by atoms with Crippen molar-refractivity contribution >= 4 is 35.0 Å². The lowest BCUT2D eigenvalue weighted by Gasteiger charge is -2.27. The third kappa shape index (κ3) is 4.04. The van der Waals surface area contributed by atoms with E-state index in [9.17, 15) is 9.90 Å². The molecule has 0 aliphatic heterocycles. The SMILES string of the molecule is NC(=O)[C@@H]1[C@H](Nc2nc(Nc3cnn(C[C@@H](O)CO)c3)ncc2Cl)[C@H]2C=C[C@@H]1C2. The number of carbonyl (C=O) groups is 1. The van der Waals surface area contributed by atoms with Gasteiger partial charge in [0.15, 0.2) is 5.82 Å². The number of nitrogens with one attached hydrogen (secondary N) is 2. The first-order valence-corrected chi connectivity index (χ1v) is 9.67. The van der Waals surface area contributed by atoms with Crippen molar-refractivity contribution in [1.82, 2.24) is 19.7 Å². The molecular formula is C18H22ClN7O3. The number of anilines is 3. The van der Waals surface area contributed by atoms with Gasteiger partial charge >= 0.3 is 0 Å². The second kappa shape index (κ2) is 7.97. The summed E-state index contributed by atoms with van der Waals surface area (Å²) in [4.78, 5) is 20.5. The molecule has 1 saturated carbocycles. The van der Waals surface area contributed by atoms with Gasteiger partial charge in [0.1, 0.15) is 5.02 Å². The van der Waals surface area contributed by atoms with Crippen molar-refractivity contribution < 1.29 is 15.0 Å². The average molecular weight is 420 g/mol. The zero-order valence-electron chi connectivity index (χ0n) is 15.4. The van der Waals surface area contributed by atoms with Gasteiger partial charge in [-0.3, -0.25) is 9.48 Å². The zero-order chi connectivity index (χ0) is 20.5. The molecule has 0 radical (unpaired) electrons. The number of hydrogen-bond acceptors (Lipinski definition) is 8. The summed E-state index contributed by atoms with van der Waals surface area (Å²) < 4.78 is 1.50. The third-order valence-corrected chi connectivity index (χ3v) is 5.61. The molecule has 0 saturated heterocycles. The standard InChI is InChI=1S/C18H22ClN7O3/c19-13-5-21-18(23-11-4-22-26(6-11)7-12(28)8-27)25-17(13)24-15-10-2-1-9(3-10)14(15)16(20)29/h1-2,4-6,9-10,12,14-15,27-28H,3,7-8H2,(H2,20,29)(H2,21,23,24,25)/t9-,10+,12-,14+,15-/m1/s1. The van der Waals surface area contributed by atoms with Gasteiger partial charge in [-0.25, -0.2) is 4.98 Å². The highest BCUT2D eigenvalue weighted by Crippen LogP contribution is 2.45. The van der Waals surface area contributed by atoms with Crippen molar-refractivity contribution in [3.05, 3.63) is 35.8 Å². The normalized spacial score (nSPS) is 25.9. The van der Waals surface area contributed by atoms with Gasteiger partial charge in [0, 0.05) is 12.2 Å². The van der Waals surface area contributed by atoms with Gasteiger partial charge in [-0.05, 0) is 18.3 Å². The van der Waals surface area contributed by atoms with Crippen LogP contribution in [0.2, 0.25) is 5.02 Å².